The molecule has 0 saturated carbocycles. The van der Waals surface area contributed by atoms with E-state index in [9.17, 15) is 9.90 Å². The van der Waals surface area contributed by atoms with E-state index in [2.05, 4.69) is 15.2 Å². The maximum Gasteiger partial charge on any atom is 0.308 e. The van der Waals surface area contributed by atoms with E-state index >= 15 is 0 Å². The molecule has 2 aromatic carbocycles. The number of aromatic nitrogens is 1. The summed E-state index contributed by atoms with van der Waals surface area (Å²) >= 11 is 12.1. The van der Waals surface area contributed by atoms with E-state index in [1.165, 1.54) is 6.07 Å². The lowest BCUT2D eigenvalue weighted by atomic mass is 10.2. The molecular formula is C17H11Cl2N3O4. The van der Waals surface area contributed by atoms with Gasteiger partial charge < -0.3 is 19.6 Å². The second-order valence-corrected chi connectivity index (χ2v) is 6.38. The van der Waals surface area contributed by atoms with Gasteiger partial charge in [0.05, 0.1) is 10.5 Å². The van der Waals surface area contributed by atoms with Crippen LogP contribution in [0.2, 0.25) is 10.0 Å². The molecule has 132 valence electrons. The summed E-state index contributed by atoms with van der Waals surface area (Å²) in [6.45, 7) is 0.0202. The molecule has 1 aliphatic heterocycles. The minimum atomic E-state index is -0.923. The topological polar surface area (TPSA) is 96.3 Å². The molecule has 26 heavy (non-hydrogen) atoms. The van der Waals surface area contributed by atoms with Crippen molar-refractivity contribution in [3.8, 4) is 17.4 Å². The number of azo groups is 1. The number of nitrogens with zero attached hydrogens (tertiary/aromatic N) is 2. The summed E-state index contributed by atoms with van der Waals surface area (Å²) in [6, 6.07) is 10.1. The number of amides is 1. The number of rotatable bonds is 2. The maximum atomic E-state index is 12.3. The van der Waals surface area contributed by atoms with E-state index in [-0.39, 0.29) is 18.2 Å². The van der Waals surface area contributed by atoms with Crippen LogP contribution in [0.3, 0.4) is 0 Å². The van der Waals surface area contributed by atoms with E-state index < -0.39 is 12.0 Å². The summed E-state index contributed by atoms with van der Waals surface area (Å²) < 4.78 is 11.1. The minimum absolute atomic E-state index is 0.0202. The normalized spacial score (nSPS) is 16.3. The third kappa shape index (κ3) is 2.95. The van der Waals surface area contributed by atoms with Crippen LogP contribution < -0.4 is 9.47 Å². The summed E-state index contributed by atoms with van der Waals surface area (Å²) in [5, 5.41) is 18.7. The van der Waals surface area contributed by atoms with Crippen molar-refractivity contribution in [2.75, 3.05) is 6.61 Å². The number of para-hydroxylation sites is 2. The highest BCUT2D eigenvalue weighted by molar-refractivity contribution is 6.38. The number of benzene rings is 2. The fourth-order valence-corrected chi connectivity index (χ4v) is 3.14. The SMILES string of the molecule is O=C(N=Nc1c(O)[nH]c2c(Cl)cc(Cl)cc12)C1COc2ccccc2O1. The Morgan fingerprint density at radius 1 is 1.23 bits per heavy atom. The highest BCUT2D eigenvalue weighted by Crippen LogP contribution is 2.40. The molecule has 9 heteroatoms. The molecule has 0 aliphatic carbocycles. The van der Waals surface area contributed by atoms with Crippen LogP contribution in [0, 0.1) is 0 Å². The Hall–Kier alpha value is -2.77. The van der Waals surface area contributed by atoms with Gasteiger partial charge in [-0.25, -0.2) is 0 Å². The van der Waals surface area contributed by atoms with Crippen LogP contribution in [-0.4, -0.2) is 28.7 Å². The van der Waals surface area contributed by atoms with Crippen LogP contribution in [-0.2, 0) is 4.79 Å². The predicted molar refractivity (Wildman–Crippen MR) is 95.9 cm³/mol. The molecule has 4 rings (SSSR count). The van der Waals surface area contributed by atoms with Gasteiger partial charge in [0.1, 0.15) is 6.61 Å². The summed E-state index contributed by atoms with van der Waals surface area (Å²) in [5.41, 5.74) is 0.510. The molecule has 0 radical (unpaired) electrons. The van der Waals surface area contributed by atoms with Gasteiger partial charge in [-0.05, 0) is 24.3 Å². The second kappa shape index (κ2) is 6.51. The van der Waals surface area contributed by atoms with Crippen LogP contribution in [0.5, 0.6) is 17.4 Å². The van der Waals surface area contributed by atoms with Gasteiger partial charge >= 0.3 is 5.91 Å². The number of hydrogen-bond acceptors (Lipinski definition) is 5. The Bertz CT molecular complexity index is 1050. The lowest BCUT2D eigenvalue weighted by Crippen LogP contribution is -2.35. The van der Waals surface area contributed by atoms with Gasteiger partial charge in [0.15, 0.2) is 17.2 Å². The van der Waals surface area contributed by atoms with Crippen molar-refractivity contribution < 1.29 is 19.4 Å². The smallest absolute Gasteiger partial charge is 0.308 e. The third-order valence-corrected chi connectivity index (χ3v) is 4.33. The molecule has 0 fully saturated rings. The van der Waals surface area contributed by atoms with Crippen molar-refractivity contribution in [2.24, 2.45) is 10.2 Å². The number of carbonyl (C=O) groups excluding carboxylic acids is 1. The summed E-state index contributed by atoms with van der Waals surface area (Å²) in [4.78, 5) is 15.0. The zero-order valence-electron chi connectivity index (χ0n) is 13.1. The van der Waals surface area contributed by atoms with E-state index in [1.807, 2.05) is 0 Å². The minimum Gasteiger partial charge on any atom is -0.493 e. The number of carbonyl (C=O) groups is 1. The van der Waals surface area contributed by atoms with Gasteiger partial charge in [-0.2, -0.15) is 0 Å². The van der Waals surface area contributed by atoms with E-state index in [4.69, 9.17) is 32.7 Å². The number of H-pyrrole nitrogens is 1. The number of fused-ring (bicyclic) bond motifs is 2. The lowest BCUT2D eigenvalue weighted by molar-refractivity contribution is -0.127. The Kier molecular flexibility index (Phi) is 4.18. The highest BCUT2D eigenvalue weighted by Gasteiger charge is 2.27. The molecule has 0 spiro atoms. The molecule has 2 heterocycles. The Balaban J connectivity index is 1.60. The Labute approximate surface area is 157 Å². The number of hydrogen-bond donors (Lipinski definition) is 2. The Morgan fingerprint density at radius 2 is 2.00 bits per heavy atom. The first-order valence-corrected chi connectivity index (χ1v) is 8.32. The van der Waals surface area contributed by atoms with Gasteiger partial charge in [-0.3, -0.25) is 4.79 Å². The monoisotopic (exact) mass is 391 g/mol. The van der Waals surface area contributed by atoms with Crippen LogP contribution in [0.4, 0.5) is 5.69 Å². The largest absolute Gasteiger partial charge is 0.493 e. The Morgan fingerprint density at radius 3 is 2.81 bits per heavy atom. The quantitative estimate of drug-likeness (QED) is 0.622. The summed E-state index contributed by atoms with van der Waals surface area (Å²) in [6.07, 6.45) is -0.923. The number of nitrogens with one attached hydrogen (secondary N) is 1. The number of aromatic amines is 1. The fraction of sp³-hybridized carbons (Fsp3) is 0.118. The van der Waals surface area contributed by atoms with Crippen LogP contribution >= 0.6 is 23.2 Å². The molecule has 2 N–H and O–H groups in total. The molecule has 1 amide bonds. The predicted octanol–water partition coefficient (Wildman–Crippen LogP) is 4.63. The highest BCUT2D eigenvalue weighted by atomic mass is 35.5. The first kappa shape index (κ1) is 16.7. The van der Waals surface area contributed by atoms with Crippen LogP contribution in [0.25, 0.3) is 10.9 Å². The van der Waals surface area contributed by atoms with Gasteiger partial charge in [0.2, 0.25) is 12.0 Å². The molecule has 1 atom stereocenters. The van der Waals surface area contributed by atoms with E-state index in [1.54, 1.807) is 30.3 Å². The van der Waals surface area contributed by atoms with Gasteiger partial charge in [0.25, 0.3) is 0 Å². The van der Waals surface area contributed by atoms with E-state index in [0.29, 0.717) is 32.4 Å². The number of ether oxygens (including phenoxy) is 2. The first-order chi connectivity index (χ1) is 12.5. The zero-order chi connectivity index (χ0) is 18.3. The molecular weight excluding hydrogens is 381 g/mol. The lowest BCUT2D eigenvalue weighted by Gasteiger charge is -2.23. The van der Waals surface area contributed by atoms with Crippen molar-refractivity contribution in [3.63, 3.8) is 0 Å². The molecule has 1 aliphatic rings. The molecule has 1 aromatic heterocycles. The molecule has 3 aromatic rings. The molecule has 0 saturated heterocycles. The maximum absolute atomic E-state index is 12.3. The summed E-state index contributed by atoms with van der Waals surface area (Å²) in [5.74, 6) is 0.112. The second-order valence-electron chi connectivity index (χ2n) is 5.53. The first-order valence-electron chi connectivity index (χ1n) is 7.56. The molecule has 1 unspecified atom stereocenters. The van der Waals surface area contributed by atoms with Gasteiger partial charge in [-0.1, -0.05) is 35.3 Å². The standard InChI is InChI=1S/C17H11Cl2N3O4/c18-8-5-9-14(10(19)6-8)20-17(24)15(9)21-22-16(23)13-7-25-11-3-1-2-4-12(11)26-13/h1-6,13,20,24H,7H2. The van der Waals surface area contributed by atoms with Crippen molar-refractivity contribution >= 4 is 45.7 Å². The average Bonchev–Trinajstić information content (AvgIpc) is 2.95. The number of halogens is 2. The van der Waals surface area contributed by atoms with Crippen LogP contribution in [0.1, 0.15) is 0 Å². The van der Waals surface area contributed by atoms with Crippen molar-refractivity contribution in [1.29, 1.82) is 0 Å². The third-order valence-electron chi connectivity index (χ3n) is 3.81. The zero-order valence-corrected chi connectivity index (χ0v) is 14.6. The number of aromatic hydroxyl groups is 1. The molecule has 0 bridgehead atoms. The van der Waals surface area contributed by atoms with Crippen molar-refractivity contribution in [3.05, 3.63) is 46.4 Å². The van der Waals surface area contributed by atoms with E-state index in [0.717, 1.165) is 0 Å². The molecule has 7 nitrogen and oxygen atoms in total. The van der Waals surface area contributed by atoms with Crippen molar-refractivity contribution in [1.82, 2.24) is 4.98 Å². The fourth-order valence-electron chi connectivity index (χ4n) is 2.60. The van der Waals surface area contributed by atoms with Crippen LogP contribution in [0.15, 0.2) is 46.6 Å². The van der Waals surface area contributed by atoms with Gasteiger partial charge in [0, 0.05) is 10.4 Å². The van der Waals surface area contributed by atoms with Crippen molar-refractivity contribution in [2.45, 2.75) is 6.10 Å². The summed E-state index contributed by atoms with van der Waals surface area (Å²) in [7, 11) is 0. The van der Waals surface area contributed by atoms with Gasteiger partial charge in [-0.15, -0.1) is 10.2 Å². The average molecular weight is 392 g/mol.